The lowest BCUT2D eigenvalue weighted by Crippen LogP contribution is -2.43. The van der Waals surface area contributed by atoms with Crippen LogP contribution in [0.5, 0.6) is 0 Å². The lowest BCUT2D eigenvalue weighted by atomic mass is 10.3. The van der Waals surface area contributed by atoms with Gasteiger partial charge in [-0.15, -0.1) is 0 Å². The van der Waals surface area contributed by atoms with Crippen LogP contribution in [-0.4, -0.2) is 9.97 Å². The molecule has 0 aliphatic heterocycles. The first-order chi connectivity index (χ1) is 5.69. The number of aryl methyl sites for hydroxylation is 1. The Morgan fingerprint density at radius 3 is 2.50 bits per heavy atom. The monoisotopic (exact) mass is 164 g/mol. The van der Waals surface area contributed by atoms with Crippen LogP contribution in [0.4, 0.5) is 0 Å². The lowest BCUT2D eigenvalue weighted by molar-refractivity contribution is 0.971. The van der Waals surface area contributed by atoms with Crippen LogP contribution in [0.15, 0.2) is 4.79 Å². The van der Waals surface area contributed by atoms with Gasteiger partial charge in [-0.25, -0.2) is 4.98 Å². The van der Waals surface area contributed by atoms with Crippen molar-refractivity contribution in [2.45, 2.75) is 20.8 Å². The van der Waals surface area contributed by atoms with Crippen molar-refractivity contribution >= 4 is 12.2 Å². The van der Waals surface area contributed by atoms with Crippen molar-refractivity contribution in [2.24, 2.45) is 0 Å². The number of hydrogen-bond donors (Lipinski definition) is 1. The molecule has 1 rings (SSSR count). The summed E-state index contributed by atoms with van der Waals surface area (Å²) in [6.45, 7) is 5.47. The maximum Gasteiger partial charge on any atom is 0.258 e. The van der Waals surface area contributed by atoms with Gasteiger partial charge in [-0.2, -0.15) is 0 Å². The molecule has 0 spiro atoms. The standard InChI is InChI=1S/C9H12N2O/c1-4-7-8(5-2)10-6(3)11-9(7)12/h4-5H,1-3H3,(H,10,11,12)/b7-4+,8-5+. The van der Waals surface area contributed by atoms with E-state index in [-0.39, 0.29) is 5.56 Å². The highest BCUT2D eigenvalue weighted by Gasteiger charge is 1.92. The molecule has 0 saturated carbocycles. The van der Waals surface area contributed by atoms with Gasteiger partial charge in [0.1, 0.15) is 5.82 Å². The Morgan fingerprint density at radius 2 is 2.00 bits per heavy atom. The van der Waals surface area contributed by atoms with Gasteiger partial charge < -0.3 is 4.98 Å². The molecule has 0 unspecified atom stereocenters. The van der Waals surface area contributed by atoms with E-state index in [4.69, 9.17) is 0 Å². The molecule has 1 aromatic heterocycles. The second-order valence-electron chi connectivity index (χ2n) is 2.53. The Hall–Kier alpha value is -1.38. The van der Waals surface area contributed by atoms with Crippen molar-refractivity contribution in [2.75, 3.05) is 0 Å². The zero-order valence-corrected chi connectivity index (χ0v) is 7.51. The van der Waals surface area contributed by atoms with Gasteiger partial charge in [0.2, 0.25) is 0 Å². The first-order valence-corrected chi connectivity index (χ1v) is 3.88. The van der Waals surface area contributed by atoms with E-state index in [2.05, 4.69) is 9.97 Å². The topological polar surface area (TPSA) is 45.8 Å². The second kappa shape index (κ2) is 3.34. The molecule has 1 N–H and O–H groups in total. The lowest BCUT2D eigenvalue weighted by Gasteiger charge is -1.91. The highest BCUT2D eigenvalue weighted by atomic mass is 16.1. The Labute approximate surface area is 70.5 Å². The molecule has 0 saturated heterocycles. The summed E-state index contributed by atoms with van der Waals surface area (Å²) in [6.07, 6.45) is 3.60. The molecule has 0 aliphatic carbocycles. The van der Waals surface area contributed by atoms with E-state index in [1.54, 1.807) is 13.0 Å². The van der Waals surface area contributed by atoms with E-state index < -0.39 is 0 Å². The molecule has 0 bridgehead atoms. The summed E-state index contributed by atoms with van der Waals surface area (Å²) in [5, 5.41) is 1.39. The Morgan fingerprint density at radius 1 is 1.33 bits per heavy atom. The molecule has 3 nitrogen and oxygen atoms in total. The van der Waals surface area contributed by atoms with Crippen molar-refractivity contribution in [3.05, 3.63) is 26.7 Å². The van der Waals surface area contributed by atoms with E-state index in [1.807, 2.05) is 19.9 Å². The van der Waals surface area contributed by atoms with E-state index in [1.165, 1.54) is 0 Å². The highest BCUT2D eigenvalue weighted by molar-refractivity contribution is 5.23. The third-order valence-electron chi connectivity index (χ3n) is 1.67. The summed E-state index contributed by atoms with van der Waals surface area (Å²) in [7, 11) is 0. The van der Waals surface area contributed by atoms with E-state index in [9.17, 15) is 4.79 Å². The van der Waals surface area contributed by atoms with Crippen LogP contribution in [0.1, 0.15) is 19.7 Å². The van der Waals surface area contributed by atoms with Crippen LogP contribution in [0.3, 0.4) is 0 Å². The van der Waals surface area contributed by atoms with Crippen LogP contribution >= 0.6 is 0 Å². The third kappa shape index (κ3) is 1.44. The third-order valence-corrected chi connectivity index (χ3v) is 1.67. The minimum absolute atomic E-state index is 0.0712. The average molecular weight is 164 g/mol. The van der Waals surface area contributed by atoms with Crippen molar-refractivity contribution in [3.63, 3.8) is 0 Å². The van der Waals surface area contributed by atoms with E-state index in [0.29, 0.717) is 11.0 Å². The minimum atomic E-state index is -0.0712. The van der Waals surface area contributed by atoms with Gasteiger partial charge in [0.25, 0.3) is 5.56 Å². The van der Waals surface area contributed by atoms with Gasteiger partial charge in [-0.3, -0.25) is 4.79 Å². The molecular formula is C9H12N2O. The van der Waals surface area contributed by atoms with Crippen molar-refractivity contribution in [1.82, 2.24) is 9.97 Å². The quantitative estimate of drug-likeness (QED) is 0.571. The molecule has 3 heteroatoms. The molecule has 0 radical (unpaired) electrons. The number of rotatable bonds is 0. The maximum atomic E-state index is 11.3. The van der Waals surface area contributed by atoms with Gasteiger partial charge in [0.15, 0.2) is 0 Å². The van der Waals surface area contributed by atoms with Gasteiger partial charge in [-0.1, -0.05) is 12.2 Å². The second-order valence-corrected chi connectivity index (χ2v) is 2.53. The number of aromatic nitrogens is 2. The molecule has 0 amide bonds. The van der Waals surface area contributed by atoms with Crippen molar-refractivity contribution in [3.8, 4) is 0 Å². The molecule has 0 fully saturated rings. The van der Waals surface area contributed by atoms with Crippen molar-refractivity contribution in [1.29, 1.82) is 0 Å². The zero-order valence-electron chi connectivity index (χ0n) is 7.51. The first kappa shape index (κ1) is 8.71. The summed E-state index contributed by atoms with van der Waals surface area (Å²) in [4.78, 5) is 18.1. The fraction of sp³-hybridized carbons (Fsp3) is 0.333. The summed E-state index contributed by atoms with van der Waals surface area (Å²) in [6, 6.07) is 0. The summed E-state index contributed by atoms with van der Waals surface area (Å²) in [5.41, 5.74) is -0.0712. The molecular weight excluding hydrogens is 152 g/mol. The number of hydrogen-bond acceptors (Lipinski definition) is 2. The molecule has 1 aromatic rings. The smallest absolute Gasteiger partial charge is 0.258 e. The van der Waals surface area contributed by atoms with Gasteiger partial charge in [0.05, 0.1) is 10.6 Å². The molecule has 12 heavy (non-hydrogen) atoms. The van der Waals surface area contributed by atoms with Gasteiger partial charge in [0, 0.05) is 0 Å². The summed E-state index contributed by atoms with van der Waals surface area (Å²) < 4.78 is 0. The predicted octanol–water partition coefficient (Wildman–Crippen LogP) is -0.321. The summed E-state index contributed by atoms with van der Waals surface area (Å²) >= 11 is 0. The van der Waals surface area contributed by atoms with Gasteiger partial charge in [-0.05, 0) is 20.8 Å². The molecule has 64 valence electrons. The number of nitrogens with one attached hydrogen (secondary N) is 1. The van der Waals surface area contributed by atoms with Crippen LogP contribution in [-0.2, 0) is 0 Å². The Kier molecular flexibility index (Phi) is 2.43. The number of nitrogens with zero attached hydrogens (tertiary/aromatic N) is 1. The SMILES string of the molecule is C/C=c1/nc(C)[nH]c(=O)/c1=C/C. The molecule has 0 aromatic carbocycles. The van der Waals surface area contributed by atoms with Crippen LogP contribution in [0.25, 0.3) is 12.2 Å². The van der Waals surface area contributed by atoms with Crippen LogP contribution < -0.4 is 16.1 Å². The number of aromatic amines is 1. The van der Waals surface area contributed by atoms with Crippen LogP contribution in [0.2, 0.25) is 0 Å². The molecule has 1 heterocycles. The van der Waals surface area contributed by atoms with Crippen molar-refractivity contribution < 1.29 is 0 Å². The maximum absolute atomic E-state index is 11.3. The summed E-state index contributed by atoms with van der Waals surface area (Å²) in [5.74, 6) is 0.652. The predicted molar refractivity (Wildman–Crippen MR) is 49.1 cm³/mol. The van der Waals surface area contributed by atoms with E-state index in [0.717, 1.165) is 5.35 Å². The average Bonchev–Trinajstić information content (AvgIpc) is 2.03. The van der Waals surface area contributed by atoms with Crippen LogP contribution in [0, 0.1) is 6.92 Å². The molecule has 0 atom stereocenters. The Balaban J connectivity index is 3.83. The molecule has 0 aliphatic rings. The van der Waals surface area contributed by atoms with Gasteiger partial charge >= 0.3 is 0 Å². The van der Waals surface area contributed by atoms with E-state index >= 15 is 0 Å². The fourth-order valence-electron chi connectivity index (χ4n) is 1.12. The first-order valence-electron chi connectivity index (χ1n) is 3.88. The minimum Gasteiger partial charge on any atom is -0.310 e. The Bertz CT molecular complexity index is 443. The fourth-order valence-corrected chi connectivity index (χ4v) is 1.12. The number of H-pyrrole nitrogens is 1. The normalized spacial score (nSPS) is 13.9. The largest absolute Gasteiger partial charge is 0.310 e. The zero-order chi connectivity index (χ0) is 9.14. The highest BCUT2D eigenvalue weighted by Crippen LogP contribution is 1.68.